The molecule has 0 aliphatic carbocycles. The number of allylic oxidation sites excluding steroid dienone is 1. The first kappa shape index (κ1) is 15.8. The molecule has 1 atom stereocenters. The summed E-state index contributed by atoms with van der Waals surface area (Å²) in [7, 11) is 0. The Morgan fingerprint density at radius 2 is 2.12 bits per heavy atom. The molecule has 5 nitrogen and oxygen atoms in total. The number of benzene rings is 1. The lowest BCUT2D eigenvalue weighted by Crippen LogP contribution is -2.36. The van der Waals surface area contributed by atoms with Gasteiger partial charge in [0.1, 0.15) is 0 Å². The number of rotatable bonds is 6. The van der Waals surface area contributed by atoms with Crippen LogP contribution in [0.25, 0.3) is 0 Å². The number of aromatic amines is 1. The number of nitrogens with zero attached hydrogens (tertiary/aromatic N) is 4. The van der Waals surface area contributed by atoms with Crippen LogP contribution in [0.4, 0.5) is 0 Å². The first-order valence-corrected chi connectivity index (χ1v) is 8.76. The summed E-state index contributed by atoms with van der Waals surface area (Å²) in [5.74, 6) is 0. The van der Waals surface area contributed by atoms with Crippen molar-refractivity contribution in [1.29, 1.82) is 0 Å². The number of H-pyrrole nitrogens is 1. The average Bonchev–Trinajstić information content (AvgIpc) is 3.28. The van der Waals surface area contributed by atoms with E-state index in [-0.39, 0.29) is 0 Å². The molecule has 3 heterocycles. The van der Waals surface area contributed by atoms with Gasteiger partial charge in [-0.15, -0.1) is 6.58 Å². The molecular formula is C20H23N5. The molecule has 0 unspecified atom stereocenters. The minimum Gasteiger partial charge on any atom is -0.348 e. The van der Waals surface area contributed by atoms with Crippen molar-refractivity contribution in [3.63, 3.8) is 0 Å². The van der Waals surface area contributed by atoms with Crippen molar-refractivity contribution in [3.05, 3.63) is 84.2 Å². The summed E-state index contributed by atoms with van der Waals surface area (Å²) in [6.07, 6.45) is 9.76. The van der Waals surface area contributed by atoms with E-state index in [0.29, 0.717) is 6.04 Å². The Bertz CT molecular complexity index is 833. The van der Waals surface area contributed by atoms with Crippen LogP contribution in [0.15, 0.2) is 61.7 Å². The van der Waals surface area contributed by atoms with Crippen LogP contribution in [0, 0.1) is 0 Å². The maximum atomic E-state index is 4.63. The molecule has 1 aliphatic heterocycles. The molecule has 0 saturated carbocycles. The monoisotopic (exact) mass is 333 g/mol. The van der Waals surface area contributed by atoms with Gasteiger partial charge in [-0.2, -0.15) is 5.10 Å². The highest BCUT2D eigenvalue weighted by Gasteiger charge is 2.29. The van der Waals surface area contributed by atoms with Crippen LogP contribution in [0.2, 0.25) is 0 Å². The van der Waals surface area contributed by atoms with E-state index in [1.807, 2.05) is 23.3 Å². The standard InChI is InChI=1S/C20H23N5/c1-2-9-25-14-17(12-23-25)13-24-10-8-18-20(22-15-21-18)19(24)11-16-6-4-3-5-7-16/h2-7,12,14-15,19H,1,8-11,13H2,(H,21,22)/t19-/m1/s1. The van der Waals surface area contributed by atoms with E-state index >= 15 is 0 Å². The third-order valence-electron chi connectivity index (χ3n) is 4.82. The van der Waals surface area contributed by atoms with E-state index in [2.05, 4.69) is 63.1 Å². The highest BCUT2D eigenvalue weighted by molar-refractivity contribution is 5.25. The highest BCUT2D eigenvalue weighted by Crippen LogP contribution is 2.31. The fourth-order valence-electron chi connectivity index (χ4n) is 3.61. The predicted molar refractivity (Wildman–Crippen MR) is 98.0 cm³/mol. The number of hydrogen-bond acceptors (Lipinski definition) is 3. The summed E-state index contributed by atoms with van der Waals surface area (Å²) in [6, 6.07) is 11.0. The Hall–Kier alpha value is -2.66. The topological polar surface area (TPSA) is 49.7 Å². The molecule has 1 aromatic carbocycles. The first-order valence-electron chi connectivity index (χ1n) is 8.76. The zero-order valence-corrected chi connectivity index (χ0v) is 14.3. The molecule has 0 radical (unpaired) electrons. The van der Waals surface area contributed by atoms with Gasteiger partial charge in [-0.3, -0.25) is 9.58 Å². The first-order chi connectivity index (χ1) is 12.3. The maximum absolute atomic E-state index is 4.63. The van der Waals surface area contributed by atoms with Crippen LogP contribution in [0.1, 0.15) is 28.6 Å². The van der Waals surface area contributed by atoms with Crippen molar-refractivity contribution in [3.8, 4) is 0 Å². The normalized spacial score (nSPS) is 17.4. The van der Waals surface area contributed by atoms with Crippen LogP contribution in [-0.4, -0.2) is 31.2 Å². The molecule has 3 aromatic rings. The van der Waals surface area contributed by atoms with Crippen LogP contribution >= 0.6 is 0 Å². The third-order valence-corrected chi connectivity index (χ3v) is 4.82. The summed E-state index contributed by atoms with van der Waals surface area (Å²) in [4.78, 5) is 10.5. The molecule has 0 saturated heterocycles. The number of fused-ring (bicyclic) bond motifs is 1. The van der Waals surface area contributed by atoms with Gasteiger partial charge in [0.25, 0.3) is 0 Å². The lowest BCUT2D eigenvalue weighted by atomic mass is 9.95. The molecule has 0 fully saturated rings. The molecular weight excluding hydrogens is 310 g/mol. The number of aromatic nitrogens is 4. The largest absolute Gasteiger partial charge is 0.348 e. The molecule has 2 aromatic heterocycles. The zero-order chi connectivity index (χ0) is 17.1. The van der Waals surface area contributed by atoms with Crippen molar-refractivity contribution < 1.29 is 0 Å². The van der Waals surface area contributed by atoms with Gasteiger partial charge in [-0.1, -0.05) is 36.4 Å². The molecule has 1 aliphatic rings. The Morgan fingerprint density at radius 3 is 2.96 bits per heavy atom. The van der Waals surface area contributed by atoms with Crippen molar-refractivity contribution in [2.24, 2.45) is 0 Å². The second-order valence-corrected chi connectivity index (χ2v) is 6.55. The predicted octanol–water partition coefficient (Wildman–Crippen LogP) is 3.13. The van der Waals surface area contributed by atoms with E-state index in [1.165, 1.54) is 22.5 Å². The molecule has 4 rings (SSSR count). The maximum Gasteiger partial charge on any atom is 0.0925 e. The molecule has 25 heavy (non-hydrogen) atoms. The van der Waals surface area contributed by atoms with Crippen molar-refractivity contribution in [2.75, 3.05) is 6.54 Å². The molecule has 128 valence electrons. The van der Waals surface area contributed by atoms with Crippen LogP contribution in [0.3, 0.4) is 0 Å². The van der Waals surface area contributed by atoms with E-state index < -0.39 is 0 Å². The Labute approximate surface area is 148 Å². The lowest BCUT2D eigenvalue weighted by Gasteiger charge is -2.34. The van der Waals surface area contributed by atoms with Gasteiger partial charge in [-0.25, -0.2) is 4.98 Å². The van der Waals surface area contributed by atoms with Gasteiger partial charge in [0.05, 0.1) is 30.8 Å². The van der Waals surface area contributed by atoms with E-state index in [9.17, 15) is 0 Å². The molecule has 1 N–H and O–H groups in total. The minimum atomic E-state index is 0.292. The fraction of sp³-hybridized carbons (Fsp3) is 0.300. The summed E-state index contributed by atoms with van der Waals surface area (Å²) < 4.78 is 1.93. The van der Waals surface area contributed by atoms with Gasteiger partial charge in [0.2, 0.25) is 0 Å². The van der Waals surface area contributed by atoms with Crippen molar-refractivity contribution in [1.82, 2.24) is 24.6 Å². The quantitative estimate of drug-likeness (QED) is 0.705. The second-order valence-electron chi connectivity index (χ2n) is 6.55. The smallest absolute Gasteiger partial charge is 0.0925 e. The van der Waals surface area contributed by atoms with Crippen LogP contribution < -0.4 is 0 Å². The number of nitrogens with one attached hydrogen (secondary N) is 1. The average molecular weight is 333 g/mol. The second kappa shape index (κ2) is 7.07. The summed E-state index contributed by atoms with van der Waals surface area (Å²) in [5, 5.41) is 4.41. The van der Waals surface area contributed by atoms with E-state index in [0.717, 1.165) is 32.5 Å². The summed E-state index contributed by atoms with van der Waals surface area (Å²) >= 11 is 0. The van der Waals surface area contributed by atoms with Gasteiger partial charge in [0.15, 0.2) is 0 Å². The number of hydrogen-bond donors (Lipinski definition) is 1. The van der Waals surface area contributed by atoms with Crippen LogP contribution in [-0.2, 0) is 25.9 Å². The molecule has 0 bridgehead atoms. The Kier molecular flexibility index (Phi) is 4.48. The Morgan fingerprint density at radius 1 is 1.24 bits per heavy atom. The van der Waals surface area contributed by atoms with Crippen molar-refractivity contribution in [2.45, 2.75) is 32.0 Å². The zero-order valence-electron chi connectivity index (χ0n) is 14.3. The van der Waals surface area contributed by atoms with Gasteiger partial charge in [-0.05, 0) is 12.0 Å². The van der Waals surface area contributed by atoms with E-state index in [1.54, 1.807) is 0 Å². The SMILES string of the molecule is C=CCn1cc(CN2CCc3[nH]cnc3[C@H]2Cc2ccccc2)cn1. The fourth-order valence-corrected chi connectivity index (χ4v) is 3.61. The summed E-state index contributed by atoms with van der Waals surface area (Å²) in [5.41, 5.74) is 5.04. The third kappa shape index (κ3) is 3.42. The van der Waals surface area contributed by atoms with Gasteiger partial charge < -0.3 is 4.98 Å². The lowest BCUT2D eigenvalue weighted by molar-refractivity contribution is 0.170. The highest BCUT2D eigenvalue weighted by atomic mass is 15.3. The van der Waals surface area contributed by atoms with Crippen LogP contribution in [0.5, 0.6) is 0 Å². The van der Waals surface area contributed by atoms with E-state index in [4.69, 9.17) is 0 Å². The molecule has 0 amide bonds. The van der Waals surface area contributed by atoms with Gasteiger partial charge >= 0.3 is 0 Å². The molecule has 5 heteroatoms. The minimum absolute atomic E-state index is 0.292. The van der Waals surface area contributed by atoms with Gasteiger partial charge in [0, 0.05) is 37.0 Å². The Balaban J connectivity index is 1.57. The number of imidazole rings is 1. The summed E-state index contributed by atoms with van der Waals surface area (Å²) in [6.45, 7) is 6.44. The molecule has 0 spiro atoms. The van der Waals surface area contributed by atoms with Crippen molar-refractivity contribution >= 4 is 0 Å².